The lowest BCUT2D eigenvalue weighted by molar-refractivity contribution is -0.132. The van der Waals surface area contributed by atoms with Crippen LogP contribution in [0.1, 0.15) is 19.0 Å². The molecule has 0 aliphatic carbocycles. The van der Waals surface area contributed by atoms with E-state index in [-0.39, 0.29) is 6.54 Å². The van der Waals surface area contributed by atoms with E-state index in [0.717, 1.165) is 12.2 Å². The number of hydrogen-bond acceptors (Lipinski definition) is 3. The Labute approximate surface area is 105 Å². The van der Waals surface area contributed by atoms with Gasteiger partial charge >= 0.3 is 6.18 Å². The molecule has 0 spiro atoms. The normalized spacial score (nSPS) is 11.6. The molecular formula is C12H18F3N3. The number of rotatable bonds is 6. The molecule has 18 heavy (non-hydrogen) atoms. The number of hydrogen-bond donors (Lipinski definition) is 1. The second-order valence-electron chi connectivity index (χ2n) is 4.05. The van der Waals surface area contributed by atoms with Crippen molar-refractivity contribution in [1.29, 1.82) is 0 Å². The summed E-state index contributed by atoms with van der Waals surface area (Å²) >= 11 is 0. The van der Waals surface area contributed by atoms with Gasteiger partial charge in [-0.2, -0.15) is 13.2 Å². The first kappa shape index (κ1) is 14.8. The number of pyridine rings is 1. The Bertz CT molecular complexity index is 366. The molecule has 6 heteroatoms. The van der Waals surface area contributed by atoms with Crippen LogP contribution in [0.25, 0.3) is 0 Å². The molecule has 0 saturated carbocycles. The zero-order valence-corrected chi connectivity index (χ0v) is 10.6. The zero-order valence-electron chi connectivity index (χ0n) is 10.6. The van der Waals surface area contributed by atoms with Gasteiger partial charge in [-0.1, -0.05) is 13.0 Å². The predicted molar refractivity (Wildman–Crippen MR) is 65.6 cm³/mol. The number of aromatic nitrogens is 1. The van der Waals surface area contributed by atoms with Gasteiger partial charge in [0.2, 0.25) is 0 Å². The Kier molecular flexibility index (Phi) is 5.40. The van der Waals surface area contributed by atoms with Crippen LogP contribution in [0.2, 0.25) is 0 Å². The fraction of sp³-hybridized carbons (Fsp3) is 0.583. The van der Waals surface area contributed by atoms with Gasteiger partial charge in [-0.3, -0.25) is 0 Å². The summed E-state index contributed by atoms with van der Waals surface area (Å²) in [5, 5.41) is 3.13. The topological polar surface area (TPSA) is 28.2 Å². The summed E-state index contributed by atoms with van der Waals surface area (Å²) in [7, 11) is 1.62. The molecule has 3 nitrogen and oxygen atoms in total. The maximum absolute atomic E-state index is 12.1. The summed E-state index contributed by atoms with van der Waals surface area (Å²) < 4.78 is 36.4. The first-order valence-electron chi connectivity index (χ1n) is 5.87. The Balaban J connectivity index is 2.59. The lowest BCUT2D eigenvalue weighted by Gasteiger charge is -2.19. The van der Waals surface area contributed by atoms with Gasteiger partial charge in [-0.25, -0.2) is 4.98 Å². The molecule has 1 aromatic rings. The molecule has 0 aliphatic rings. The smallest absolute Gasteiger partial charge is 0.359 e. The maximum atomic E-state index is 12.1. The van der Waals surface area contributed by atoms with E-state index in [1.54, 1.807) is 19.2 Å². The zero-order chi connectivity index (χ0) is 13.6. The van der Waals surface area contributed by atoms with Gasteiger partial charge in [0.25, 0.3) is 0 Å². The van der Waals surface area contributed by atoms with Crippen LogP contribution in [0.15, 0.2) is 18.2 Å². The van der Waals surface area contributed by atoms with Crippen LogP contribution in [-0.4, -0.2) is 31.3 Å². The van der Waals surface area contributed by atoms with Crippen molar-refractivity contribution in [3.63, 3.8) is 0 Å². The number of halogens is 3. The van der Waals surface area contributed by atoms with Gasteiger partial charge in [-0.05, 0) is 18.7 Å². The molecule has 1 N–H and O–H groups in total. The van der Waals surface area contributed by atoms with E-state index in [2.05, 4.69) is 10.3 Å². The molecule has 1 heterocycles. The van der Waals surface area contributed by atoms with E-state index in [1.165, 1.54) is 4.90 Å². The molecule has 0 fully saturated rings. The molecule has 0 aliphatic heterocycles. The predicted octanol–water partition coefficient (Wildman–Crippen LogP) is 2.58. The van der Waals surface area contributed by atoms with E-state index in [1.807, 2.05) is 13.0 Å². The van der Waals surface area contributed by atoms with Crippen LogP contribution >= 0.6 is 0 Å². The van der Waals surface area contributed by atoms with E-state index in [4.69, 9.17) is 0 Å². The summed E-state index contributed by atoms with van der Waals surface area (Å²) in [5.41, 5.74) is 0.827. The summed E-state index contributed by atoms with van der Waals surface area (Å²) in [5.74, 6) is 0.564. The van der Waals surface area contributed by atoms with Crippen molar-refractivity contribution in [2.75, 3.05) is 25.0 Å². The lowest BCUT2D eigenvalue weighted by Crippen LogP contribution is -2.25. The van der Waals surface area contributed by atoms with E-state index < -0.39 is 12.6 Å². The van der Waals surface area contributed by atoms with Crippen molar-refractivity contribution in [3.8, 4) is 0 Å². The molecule has 0 saturated heterocycles. The van der Waals surface area contributed by atoms with Crippen LogP contribution in [0.3, 0.4) is 0 Å². The van der Waals surface area contributed by atoms with Crippen LogP contribution in [0.5, 0.6) is 0 Å². The number of anilines is 1. The van der Waals surface area contributed by atoms with Crippen molar-refractivity contribution < 1.29 is 13.2 Å². The van der Waals surface area contributed by atoms with Gasteiger partial charge in [0.15, 0.2) is 0 Å². The van der Waals surface area contributed by atoms with Crippen LogP contribution in [-0.2, 0) is 6.54 Å². The highest BCUT2D eigenvalue weighted by Crippen LogP contribution is 2.21. The molecule has 1 aromatic heterocycles. The van der Waals surface area contributed by atoms with Crippen LogP contribution in [0, 0.1) is 0 Å². The van der Waals surface area contributed by atoms with Crippen molar-refractivity contribution in [3.05, 3.63) is 23.9 Å². The molecule has 0 amide bonds. The van der Waals surface area contributed by atoms with Crippen molar-refractivity contribution >= 4 is 5.82 Å². The standard InChI is InChI=1S/C12H18F3N3/c1-3-16-9-10-5-4-6-11(17-10)18(2)8-7-12(13,14)15/h4-6,16H,3,7-9H2,1-2H3. The van der Waals surface area contributed by atoms with Crippen molar-refractivity contribution in [2.45, 2.75) is 26.1 Å². The van der Waals surface area contributed by atoms with Crippen molar-refractivity contribution in [1.82, 2.24) is 10.3 Å². The summed E-state index contributed by atoms with van der Waals surface area (Å²) in [6, 6.07) is 5.37. The fourth-order valence-corrected chi connectivity index (χ4v) is 1.44. The van der Waals surface area contributed by atoms with Gasteiger partial charge in [0.05, 0.1) is 12.1 Å². The Morgan fingerprint density at radius 1 is 1.33 bits per heavy atom. The highest BCUT2D eigenvalue weighted by atomic mass is 19.4. The van der Waals surface area contributed by atoms with E-state index >= 15 is 0 Å². The minimum atomic E-state index is -4.13. The molecule has 0 radical (unpaired) electrons. The third-order valence-corrected chi connectivity index (χ3v) is 2.47. The van der Waals surface area contributed by atoms with Crippen molar-refractivity contribution in [2.24, 2.45) is 0 Å². The highest BCUT2D eigenvalue weighted by molar-refractivity contribution is 5.38. The highest BCUT2D eigenvalue weighted by Gasteiger charge is 2.27. The van der Waals surface area contributed by atoms with E-state index in [9.17, 15) is 13.2 Å². The average molecular weight is 261 g/mol. The second kappa shape index (κ2) is 6.58. The minimum Gasteiger partial charge on any atom is -0.359 e. The molecule has 0 aromatic carbocycles. The largest absolute Gasteiger partial charge is 0.390 e. The first-order valence-corrected chi connectivity index (χ1v) is 5.87. The monoisotopic (exact) mass is 261 g/mol. The maximum Gasteiger partial charge on any atom is 0.390 e. The van der Waals surface area contributed by atoms with Crippen LogP contribution < -0.4 is 10.2 Å². The Hall–Kier alpha value is -1.30. The number of nitrogens with zero attached hydrogens (tertiary/aromatic N) is 2. The third kappa shape index (κ3) is 5.35. The molecule has 0 bridgehead atoms. The van der Waals surface area contributed by atoms with Gasteiger partial charge in [0, 0.05) is 20.1 Å². The second-order valence-corrected chi connectivity index (χ2v) is 4.05. The molecule has 0 atom stereocenters. The van der Waals surface area contributed by atoms with Gasteiger partial charge in [0.1, 0.15) is 5.82 Å². The average Bonchev–Trinajstić information content (AvgIpc) is 2.33. The molecule has 102 valence electrons. The van der Waals surface area contributed by atoms with Crippen LogP contribution in [0.4, 0.5) is 19.0 Å². The number of nitrogens with one attached hydrogen (secondary N) is 1. The van der Waals surface area contributed by atoms with E-state index in [0.29, 0.717) is 12.4 Å². The SMILES string of the molecule is CCNCc1cccc(N(C)CCC(F)(F)F)n1. The molecule has 0 unspecified atom stereocenters. The number of alkyl halides is 3. The van der Waals surface area contributed by atoms with Gasteiger partial charge < -0.3 is 10.2 Å². The summed E-state index contributed by atoms with van der Waals surface area (Å²) in [6.45, 7) is 3.35. The summed E-state index contributed by atoms with van der Waals surface area (Å²) in [6.07, 6.45) is -4.96. The lowest BCUT2D eigenvalue weighted by atomic mass is 10.3. The Morgan fingerprint density at radius 2 is 2.06 bits per heavy atom. The quantitative estimate of drug-likeness (QED) is 0.853. The first-order chi connectivity index (χ1) is 8.42. The Morgan fingerprint density at radius 3 is 2.67 bits per heavy atom. The fourth-order valence-electron chi connectivity index (χ4n) is 1.44. The van der Waals surface area contributed by atoms with Gasteiger partial charge in [-0.15, -0.1) is 0 Å². The molecular weight excluding hydrogens is 243 g/mol. The molecule has 1 rings (SSSR count). The summed E-state index contributed by atoms with van der Waals surface area (Å²) in [4.78, 5) is 5.82. The third-order valence-electron chi connectivity index (χ3n) is 2.47. The minimum absolute atomic E-state index is 0.0822.